The van der Waals surface area contributed by atoms with E-state index in [2.05, 4.69) is 77.4 Å². The monoisotopic (exact) mass is 433 g/mol. The van der Waals surface area contributed by atoms with Crippen LogP contribution in [0.5, 0.6) is 0 Å². The minimum Gasteiger partial charge on any atom is -0.411 e. The molecule has 0 amide bonds. The van der Waals surface area contributed by atoms with Crippen molar-refractivity contribution >= 4 is 58.2 Å². The van der Waals surface area contributed by atoms with E-state index in [1.165, 1.54) is 2.88 Å². The lowest BCUT2D eigenvalue weighted by molar-refractivity contribution is 0.272. The Morgan fingerprint density at radius 3 is 2.38 bits per heavy atom. The summed E-state index contributed by atoms with van der Waals surface area (Å²) in [6.45, 7) is 11.9. The highest BCUT2D eigenvalue weighted by molar-refractivity contribution is 14.1. The number of rotatable bonds is 3. The molecule has 0 fully saturated rings. The van der Waals surface area contributed by atoms with Gasteiger partial charge in [-0.15, -0.1) is 11.3 Å². The standard InChI is InChI=1S/C10H17BrINOSSi/c1-10(2,3)16(4,5)14-6-7-8(12)15-9(11)13-7/h6H2,1-5H3. The SMILES string of the molecule is CC(C)(C)[Si](C)(C)OCc1nc(Br)sc1I. The van der Waals surface area contributed by atoms with Crippen LogP contribution in [0.3, 0.4) is 0 Å². The molecule has 2 nitrogen and oxygen atoms in total. The van der Waals surface area contributed by atoms with Crippen LogP contribution in [-0.2, 0) is 11.0 Å². The van der Waals surface area contributed by atoms with E-state index in [0.29, 0.717) is 6.61 Å². The summed E-state index contributed by atoms with van der Waals surface area (Å²) in [6.07, 6.45) is 0. The van der Waals surface area contributed by atoms with Crippen LogP contribution in [0, 0.1) is 2.88 Å². The van der Waals surface area contributed by atoms with Crippen molar-refractivity contribution < 1.29 is 4.43 Å². The molecule has 1 rings (SSSR count). The van der Waals surface area contributed by atoms with Gasteiger partial charge in [-0.2, -0.15) is 0 Å². The van der Waals surface area contributed by atoms with Crippen LogP contribution in [-0.4, -0.2) is 13.3 Å². The predicted molar refractivity (Wildman–Crippen MR) is 84.5 cm³/mol. The maximum absolute atomic E-state index is 6.13. The summed E-state index contributed by atoms with van der Waals surface area (Å²) in [6, 6.07) is 0. The Bertz CT molecular complexity index is 375. The third-order valence-corrected chi connectivity index (χ3v) is 10.1. The molecule has 1 aromatic rings. The van der Waals surface area contributed by atoms with Gasteiger partial charge < -0.3 is 4.43 Å². The number of aromatic nitrogens is 1. The second kappa shape index (κ2) is 5.34. The highest BCUT2D eigenvalue weighted by Gasteiger charge is 2.37. The van der Waals surface area contributed by atoms with E-state index in [9.17, 15) is 0 Å². The van der Waals surface area contributed by atoms with Crippen molar-refractivity contribution in [3.8, 4) is 0 Å². The van der Waals surface area contributed by atoms with E-state index in [4.69, 9.17) is 4.43 Å². The topological polar surface area (TPSA) is 22.1 Å². The molecule has 0 spiro atoms. The van der Waals surface area contributed by atoms with Crippen LogP contribution in [0.1, 0.15) is 26.5 Å². The van der Waals surface area contributed by atoms with E-state index in [0.717, 1.165) is 9.61 Å². The molecule has 6 heteroatoms. The van der Waals surface area contributed by atoms with Crippen LogP contribution in [0.15, 0.2) is 3.92 Å². The van der Waals surface area contributed by atoms with E-state index < -0.39 is 8.32 Å². The van der Waals surface area contributed by atoms with Crippen LogP contribution in [0.4, 0.5) is 0 Å². The molecule has 0 aliphatic carbocycles. The van der Waals surface area contributed by atoms with Gasteiger partial charge in [0.25, 0.3) is 0 Å². The van der Waals surface area contributed by atoms with E-state index in [-0.39, 0.29) is 5.04 Å². The van der Waals surface area contributed by atoms with Crippen molar-refractivity contribution in [2.45, 2.75) is 45.5 Å². The van der Waals surface area contributed by atoms with Gasteiger partial charge >= 0.3 is 0 Å². The zero-order valence-electron chi connectivity index (χ0n) is 10.2. The van der Waals surface area contributed by atoms with Crippen molar-refractivity contribution in [1.82, 2.24) is 4.98 Å². The van der Waals surface area contributed by atoms with E-state index in [1.54, 1.807) is 11.3 Å². The summed E-state index contributed by atoms with van der Waals surface area (Å²) in [7, 11) is -1.66. The van der Waals surface area contributed by atoms with Crippen molar-refractivity contribution in [3.63, 3.8) is 0 Å². The predicted octanol–water partition coefficient (Wildman–Crippen LogP) is 5.03. The fraction of sp³-hybridized carbons (Fsp3) is 0.700. The minimum absolute atomic E-state index is 0.256. The van der Waals surface area contributed by atoms with Crippen molar-refractivity contribution in [2.75, 3.05) is 0 Å². The van der Waals surface area contributed by atoms with Gasteiger partial charge in [0.2, 0.25) is 0 Å². The molecule has 0 aliphatic heterocycles. The van der Waals surface area contributed by atoms with Gasteiger partial charge in [0.15, 0.2) is 12.2 Å². The zero-order valence-corrected chi connectivity index (χ0v) is 15.8. The Morgan fingerprint density at radius 2 is 2.00 bits per heavy atom. The largest absolute Gasteiger partial charge is 0.411 e. The van der Waals surface area contributed by atoms with Crippen molar-refractivity contribution in [3.05, 3.63) is 12.5 Å². The average Bonchev–Trinajstić information content (AvgIpc) is 2.39. The van der Waals surface area contributed by atoms with Crippen LogP contribution in [0.25, 0.3) is 0 Å². The first-order valence-electron chi connectivity index (χ1n) is 5.08. The lowest BCUT2D eigenvalue weighted by Crippen LogP contribution is -2.40. The fourth-order valence-corrected chi connectivity index (χ4v) is 4.83. The molecule has 16 heavy (non-hydrogen) atoms. The molecule has 1 heterocycles. The molecule has 1 aromatic heterocycles. The summed E-state index contributed by atoms with van der Waals surface area (Å²) in [5, 5.41) is 0.256. The molecule has 0 saturated heterocycles. The number of thiazole rings is 1. The van der Waals surface area contributed by atoms with Gasteiger partial charge in [-0.3, -0.25) is 0 Å². The summed E-state index contributed by atoms with van der Waals surface area (Å²) in [4.78, 5) is 4.42. The van der Waals surface area contributed by atoms with Crippen LogP contribution >= 0.6 is 49.9 Å². The molecular weight excluding hydrogens is 417 g/mol. The summed E-state index contributed by atoms with van der Waals surface area (Å²) in [5.74, 6) is 0. The summed E-state index contributed by atoms with van der Waals surface area (Å²) < 4.78 is 8.28. The second-order valence-electron chi connectivity index (χ2n) is 5.24. The number of halogens is 2. The van der Waals surface area contributed by atoms with Crippen LogP contribution < -0.4 is 0 Å². The molecule has 0 radical (unpaired) electrons. The van der Waals surface area contributed by atoms with Gasteiger partial charge in [-0.25, -0.2) is 4.98 Å². The van der Waals surface area contributed by atoms with Crippen molar-refractivity contribution in [1.29, 1.82) is 0 Å². The Kier molecular flexibility index (Phi) is 5.03. The third-order valence-electron chi connectivity index (χ3n) is 3.00. The normalized spacial score (nSPS) is 13.2. The highest BCUT2D eigenvalue weighted by Crippen LogP contribution is 2.37. The van der Waals surface area contributed by atoms with Gasteiger partial charge in [0, 0.05) is 0 Å². The molecule has 0 bridgehead atoms. The number of hydrogen-bond donors (Lipinski definition) is 0. The molecular formula is C10H17BrINOSSi. The Labute approximate surface area is 125 Å². The maximum atomic E-state index is 6.13. The van der Waals surface area contributed by atoms with Crippen LogP contribution in [0.2, 0.25) is 18.1 Å². The van der Waals surface area contributed by atoms with E-state index in [1.807, 2.05) is 0 Å². The summed E-state index contributed by atoms with van der Waals surface area (Å²) >= 11 is 7.37. The lowest BCUT2D eigenvalue weighted by atomic mass is 10.2. The molecule has 0 aromatic carbocycles. The Balaban J connectivity index is 2.68. The van der Waals surface area contributed by atoms with Crippen molar-refractivity contribution in [2.24, 2.45) is 0 Å². The molecule has 0 aliphatic rings. The van der Waals surface area contributed by atoms with Gasteiger partial charge in [-0.1, -0.05) is 20.8 Å². The fourth-order valence-electron chi connectivity index (χ4n) is 0.860. The van der Waals surface area contributed by atoms with Gasteiger partial charge in [-0.05, 0) is 56.7 Å². The van der Waals surface area contributed by atoms with E-state index >= 15 is 0 Å². The Hall–Kier alpha value is 1.02. The second-order valence-corrected chi connectivity index (χ2v) is 14.1. The quantitative estimate of drug-likeness (QED) is 0.492. The third kappa shape index (κ3) is 3.76. The van der Waals surface area contributed by atoms with Gasteiger partial charge in [0.05, 0.1) is 15.2 Å². The Morgan fingerprint density at radius 1 is 1.44 bits per heavy atom. The molecule has 0 unspecified atom stereocenters. The maximum Gasteiger partial charge on any atom is 0.192 e. The number of hydrogen-bond acceptors (Lipinski definition) is 3. The minimum atomic E-state index is -1.66. The molecule has 0 N–H and O–H groups in total. The molecule has 0 saturated carbocycles. The summed E-state index contributed by atoms with van der Waals surface area (Å²) in [5.41, 5.74) is 1.06. The smallest absolute Gasteiger partial charge is 0.192 e. The zero-order chi connectivity index (χ0) is 12.6. The average molecular weight is 434 g/mol. The molecule has 92 valence electrons. The lowest BCUT2D eigenvalue weighted by Gasteiger charge is -2.35. The first-order valence-corrected chi connectivity index (χ1v) is 10.7. The molecule has 0 atom stereocenters. The first kappa shape index (κ1) is 15.1. The first-order chi connectivity index (χ1) is 7.13. The highest BCUT2D eigenvalue weighted by atomic mass is 127. The van der Waals surface area contributed by atoms with Gasteiger partial charge in [0.1, 0.15) is 0 Å². The number of nitrogens with zero attached hydrogens (tertiary/aromatic N) is 1.